The molecule has 1 aromatic heterocycles. The molecule has 0 atom stereocenters. The summed E-state index contributed by atoms with van der Waals surface area (Å²) in [5.41, 5.74) is 0. The van der Waals surface area contributed by atoms with E-state index in [1.165, 1.54) is 6.26 Å². The minimum absolute atomic E-state index is 0.0547. The van der Waals surface area contributed by atoms with Crippen molar-refractivity contribution in [1.82, 2.24) is 14.8 Å². The van der Waals surface area contributed by atoms with Crippen molar-refractivity contribution in [1.29, 1.82) is 0 Å². The molecule has 0 aliphatic carbocycles. The van der Waals surface area contributed by atoms with Crippen LogP contribution in [0.1, 0.15) is 18.6 Å². The molecule has 0 unspecified atom stereocenters. The first-order valence-corrected chi connectivity index (χ1v) is 7.30. The van der Waals surface area contributed by atoms with Gasteiger partial charge in [0.1, 0.15) is 17.4 Å². The molecule has 0 saturated carbocycles. The monoisotopic (exact) mass is 281 g/mol. The van der Waals surface area contributed by atoms with Crippen molar-refractivity contribution in [2.24, 2.45) is 0 Å². The van der Waals surface area contributed by atoms with Crippen LogP contribution < -0.4 is 0 Å². The van der Waals surface area contributed by atoms with Gasteiger partial charge in [0.15, 0.2) is 9.84 Å². The van der Waals surface area contributed by atoms with Gasteiger partial charge >= 0.3 is 0 Å². The molecule has 0 radical (unpaired) electrons. The standard InChI is InChI=1S/C7H12BrN3O2S/c1-3-11-6(4-8)9-10-7(11)5-14(2,12)13/h3-5H2,1-2H3. The third-order valence-electron chi connectivity index (χ3n) is 1.73. The van der Waals surface area contributed by atoms with Crippen LogP contribution in [0, 0.1) is 0 Å². The normalized spacial score (nSPS) is 11.9. The summed E-state index contributed by atoms with van der Waals surface area (Å²) < 4.78 is 23.9. The molecular weight excluding hydrogens is 270 g/mol. The van der Waals surface area contributed by atoms with Gasteiger partial charge in [-0.25, -0.2) is 8.42 Å². The highest BCUT2D eigenvalue weighted by Gasteiger charge is 2.14. The number of aromatic nitrogens is 3. The van der Waals surface area contributed by atoms with Gasteiger partial charge in [0.25, 0.3) is 0 Å². The molecule has 14 heavy (non-hydrogen) atoms. The molecule has 0 aliphatic heterocycles. The van der Waals surface area contributed by atoms with Crippen molar-refractivity contribution >= 4 is 25.8 Å². The van der Waals surface area contributed by atoms with Crippen molar-refractivity contribution in [3.8, 4) is 0 Å². The van der Waals surface area contributed by atoms with Crippen molar-refractivity contribution in [2.45, 2.75) is 24.6 Å². The van der Waals surface area contributed by atoms with Crippen LogP contribution in [0.5, 0.6) is 0 Å². The lowest BCUT2D eigenvalue weighted by Gasteiger charge is -2.04. The molecule has 0 bridgehead atoms. The van der Waals surface area contributed by atoms with Gasteiger partial charge in [-0.15, -0.1) is 10.2 Å². The zero-order chi connectivity index (χ0) is 10.8. The van der Waals surface area contributed by atoms with Gasteiger partial charge < -0.3 is 4.57 Å². The summed E-state index contributed by atoms with van der Waals surface area (Å²) in [6, 6.07) is 0. The molecule has 1 heterocycles. The lowest BCUT2D eigenvalue weighted by Crippen LogP contribution is -2.10. The van der Waals surface area contributed by atoms with Gasteiger partial charge in [-0.2, -0.15) is 0 Å². The largest absolute Gasteiger partial charge is 0.314 e. The molecule has 0 aliphatic rings. The molecule has 0 amide bonds. The van der Waals surface area contributed by atoms with E-state index < -0.39 is 9.84 Å². The third-order valence-corrected chi connectivity index (χ3v) is 3.02. The Kier molecular flexibility index (Phi) is 3.65. The molecule has 1 aromatic rings. The number of rotatable bonds is 4. The quantitative estimate of drug-likeness (QED) is 0.764. The van der Waals surface area contributed by atoms with Crippen LogP contribution in [-0.2, 0) is 27.5 Å². The molecule has 0 N–H and O–H groups in total. The number of nitrogens with zero attached hydrogens (tertiary/aromatic N) is 3. The number of hydrogen-bond acceptors (Lipinski definition) is 4. The molecule has 0 aromatic carbocycles. The fourth-order valence-electron chi connectivity index (χ4n) is 1.18. The molecule has 0 spiro atoms. The summed E-state index contributed by atoms with van der Waals surface area (Å²) in [6.07, 6.45) is 1.19. The van der Waals surface area contributed by atoms with Gasteiger partial charge in [-0.3, -0.25) is 0 Å². The minimum Gasteiger partial charge on any atom is -0.314 e. The number of alkyl halides is 1. The predicted octanol–water partition coefficient (Wildman–Crippen LogP) is 0.738. The average Bonchev–Trinajstić information content (AvgIpc) is 2.43. The fourth-order valence-corrected chi connectivity index (χ4v) is 2.27. The zero-order valence-electron chi connectivity index (χ0n) is 8.07. The van der Waals surface area contributed by atoms with Gasteiger partial charge in [0, 0.05) is 12.8 Å². The summed E-state index contributed by atoms with van der Waals surface area (Å²) in [4.78, 5) is 0. The highest BCUT2D eigenvalue weighted by Crippen LogP contribution is 2.08. The highest BCUT2D eigenvalue weighted by atomic mass is 79.9. The topological polar surface area (TPSA) is 64.8 Å². The Morgan fingerprint density at radius 1 is 1.36 bits per heavy atom. The molecule has 0 saturated heterocycles. The molecule has 1 rings (SSSR count). The van der Waals surface area contributed by atoms with Crippen LogP contribution in [0.15, 0.2) is 0 Å². The van der Waals surface area contributed by atoms with Crippen LogP contribution in [0.3, 0.4) is 0 Å². The molecule has 0 fully saturated rings. The average molecular weight is 282 g/mol. The van der Waals surface area contributed by atoms with E-state index in [1.54, 1.807) is 4.57 Å². The Bertz CT molecular complexity index is 413. The molecular formula is C7H12BrN3O2S. The first-order valence-electron chi connectivity index (χ1n) is 4.12. The SMILES string of the molecule is CCn1c(CBr)nnc1CS(C)(=O)=O. The van der Waals surface area contributed by atoms with Crippen molar-refractivity contribution < 1.29 is 8.42 Å². The smallest absolute Gasteiger partial charge is 0.154 e. The van der Waals surface area contributed by atoms with Crippen LogP contribution in [-0.4, -0.2) is 29.4 Å². The van der Waals surface area contributed by atoms with Crippen molar-refractivity contribution in [3.63, 3.8) is 0 Å². The Labute approximate surface area is 91.6 Å². The lowest BCUT2D eigenvalue weighted by molar-refractivity contribution is 0.596. The highest BCUT2D eigenvalue weighted by molar-refractivity contribution is 9.08. The van der Waals surface area contributed by atoms with E-state index in [-0.39, 0.29) is 5.75 Å². The van der Waals surface area contributed by atoms with E-state index in [2.05, 4.69) is 26.1 Å². The number of hydrogen-bond donors (Lipinski definition) is 0. The van der Waals surface area contributed by atoms with Crippen LogP contribution in [0.2, 0.25) is 0 Å². The zero-order valence-corrected chi connectivity index (χ0v) is 10.5. The van der Waals surface area contributed by atoms with Crippen LogP contribution >= 0.6 is 15.9 Å². The molecule has 5 nitrogen and oxygen atoms in total. The Morgan fingerprint density at radius 2 is 1.93 bits per heavy atom. The maximum Gasteiger partial charge on any atom is 0.154 e. The van der Waals surface area contributed by atoms with E-state index in [4.69, 9.17) is 0 Å². The second kappa shape index (κ2) is 4.39. The maximum absolute atomic E-state index is 11.1. The predicted molar refractivity (Wildman–Crippen MR) is 56.9 cm³/mol. The summed E-state index contributed by atoms with van der Waals surface area (Å²) in [7, 11) is -3.04. The van der Waals surface area contributed by atoms with E-state index in [0.717, 1.165) is 5.82 Å². The minimum atomic E-state index is -3.04. The third kappa shape index (κ3) is 2.78. The van der Waals surface area contributed by atoms with Gasteiger partial charge in [-0.05, 0) is 6.92 Å². The summed E-state index contributed by atoms with van der Waals surface area (Å²) in [5, 5.41) is 8.32. The van der Waals surface area contributed by atoms with Gasteiger partial charge in [0.2, 0.25) is 0 Å². The maximum atomic E-state index is 11.1. The van der Waals surface area contributed by atoms with Gasteiger partial charge in [-0.1, -0.05) is 15.9 Å². The van der Waals surface area contributed by atoms with Crippen molar-refractivity contribution in [3.05, 3.63) is 11.6 Å². The summed E-state index contributed by atoms with van der Waals surface area (Å²) in [5.74, 6) is 1.21. The first kappa shape index (κ1) is 11.6. The Balaban J connectivity index is 3.04. The molecule has 80 valence electrons. The first-order chi connectivity index (χ1) is 6.48. The molecule has 7 heteroatoms. The number of halogens is 1. The second-order valence-corrected chi connectivity index (χ2v) is 5.68. The number of sulfone groups is 1. The van der Waals surface area contributed by atoms with Crippen LogP contribution in [0.4, 0.5) is 0 Å². The Hall–Kier alpha value is -0.430. The fraction of sp³-hybridized carbons (Fsp3) is 0.714. The summed E-state index contributed by atoms with van der Waals surface area (Å²) >= 11 is 3.27. The lowest BCUT2D eigenvalue weighted by atomic mass is 10.5. The van der Waals surface area contributed by atoms with Gasteiger partial charge in [0.05, 0.1) is 5.33 Å². The van der Waals surface area contributed by atoms with E-state index in [9.17, 15) is 8.42 Å². The van der Waals surface area contributed by atoms with E-state index in [1.807, 2.05) is 6.92 Å². The Morgan fingerprint density at radius 3 is 2.36 bits per heavy atom. The van der Waals surface area contributed by atoms with E-state index >= 15 is 0 Å². The second-order valence-electron chi connectivity index (χ2n) is 2.98. The summed E-state index contributed by atoms with van der Waals surface area (Å²) in [6.45, 7) is 2.61. The van der Waals surface area contributed by atoms with Crippen LogP contribution in [0.25, 0.3) is 0 Å². The van der Waals surface area contributed by atoms with Crippen molar-refractivity contribution in [2.75, 3.05) is 6.26 Å². The van der Waals surface area contributed by atoms with E-state index in [0.29, 0.717) is 17.7 Å².